The fourth-order valence-electron chi connectivity index (χ4n) is 3.26. The zero-order chi connectivity index (χ0) is 17.9. The van der Waals surface area contributed by atoms with E-state index in [1.165, 1.54) is 5.56 Å². The molecule has 0 aromatic heterocycles. The number of halogens is 1. The van der Waals surface area contributed by atoms with E-state index in [9.17, 15) is 8.42 Å². The van der Waals surface area contributed by atoms with E-state index >= 15 is 0 Å². The zero-order valence-corrected chi connectivity index (χ0v) is 15.3. The summed E-state index contributed by atoms with van der Waals surface area (Å²) < 4.78 is 26.9. The Morgan fingerprint density at radius 3 is 2.52 bits per heavy atom. The van der Waals surface area contributed by atoms with Crippen LogP contribution >= 0.6 is 11.6 Å². The Bertz CT molecular complexity index is 898. The van der Waals surface area contributed by atoms with E-state index in [1.54, 1.807) is 28.6 Å². The molecule has 1 heterocycles. The molecule has 6 heteroatoms. The van der Waals surface area contributed by atoms with Gasteiger partial charge in [0.1, 0.15) is 0 Å². The van der Waals surface area contributed by atoms with Gasteiger partial charge in [-0.1, -0.05) is 35.9 Å². The summed E-state index contributed by atoms with van der Waals surface area (Å²) in [7, 11) is -3.38. The molecule has 0 bridgehead atoms. The average Bonchev–Trinajstić information content (AvgIpc) is 2.61. The molecule has 0 spiro atoms. The minimum atomic E-state index is -3.38. The highest BCUT2D eigenvalue weighted by Crippen LogP contribution is 2.31. The van der Waals surface area contributed by atoms with Crippen LogP contribution in [-0.2, 0) is 15.8 Å². The zero-order valence-electron chi connectivity index (χ0n) is 13.7. The van der Waals surface area contributed by atoms with Crippen LogP contribution < -0.4 is 0 Å². The lowest BCUT2D eigenvalue weighted by Crippen LogP contribution is -2.38. The van der Waals surface area contributed by atoms with Gasteiger partial charge >= 0.3 is 0 Å². The molecule has 1 saturated heterocycles. The molecule has 3 rings (SSSR count). The predicted molar refractivity (Wildman–Crippen MR) is 98.8 cm³/mol. The van der Waals surface area contributed by atoms with E-state index < -0.39 is 10.0 Å². The van der Waals surface area contributed by atoms with Crippen LogP contribution in [0.3, 0.4) is 0 Å². The fourth-order valence-corrected chi connectivity index (χ4v) is 5.01. The van der Waals surface area contributed by atoms with E-state index in [1.807, 2.05) is 30.3 Å². The van der Waals surface area contributed by atoms with Crippen LogP contribution in [0.5, 0.6) is 0 Å². The molecule has 4 nitrogen and oxygen atoms in total. The summed E-state index contributed by atoms with van der Waals surface area (Å²) in [6.45, 7) is 1.02. The van der Waals surface area contributed by atoms with E-state index in [2.05, 4.69) is 0 Å². The molecule has 0 N–H and O–H groups in total. The van der Waals surface area contributed by atoms with Crippen molar-refractivity contribution in [1.29, 1.82) is 5.26 Å². The average molecular weight is 375 g/mol. The van der Waals surface area contributed by atoms with Crippen molar-refractivity contribution in [2.24, 2.45) is 0 Å². The van der Waals surface area contributed by atoms with Crippen molar-refractivity contribution in [3.63, 3.8) is 0 Å². The second-order valence-corrected chi connectivity index (χ2v) is 8.70. The van der Waals surface area contributed by atoms with E-state index in [0.29, 0.717) is 35.2 Å². The van der Waals surface area contributed by atoms with Gasteiger partial charge in [0.2, 0.25) is 10.0 Å². The summed E-state index contributed by atoms with van der Waals surface area (Å²) in [6, 6.07) is 16.6. The molecule has 0 aliphatic carbocycles. The maximum Gasteiger partial charge on any atom is 0.218 e. The minimum Gasteiger partial charge on any atom is -0.212 e. The predicted octanol–water partition coefficient (Wildman–Crippen LogP) is 3.92. The Labute approximate surface area is 153 Å². The summed E-state index contributed by atoms with van der Waals surface area (Å²) >= 11 is 6.05. The molecular formula is C19H19ClN2O2S. The monoisotopic (exact) mass is 374 g/mol. The molecule has 2 aromatic carbocycles. The number of piperidine rings is 1. The van der Waals surface area contributed by atoms with Gasteiger partial charge in [-0.2, -0.15) is 5.26 Å². The number of sulfonamides is 1. The van der Waals surface area contributed by atoms with Crippen LogP contribution in [0.2, 0.25) is 5.02 Å². The van der Waals surface area contributed by atoms with Gasteiger partial charge in [-0.15, -0.1) is 0 Å². The third-order valence-electron chi connectivity index (χ3n) is 4.57. The van der Waals surface area contributed by atoms with Crippen LogP contribution in [0.15, 0.2) is 48.5 Å². The second-order valence-electron chi connectivity index (χ2n) is 6.30. The number of hydrogen-bond donors (Lipinski definition) is 0. The molecule has 25 heavy (non-hydrogen) atoms. The van der Waals surface area contributed by atoms with Crippen LogP contribution in [-0.4, -0.2) is 25.8 Å². The topological polar surface area (TPSA) is 61.2 Å². The smallest absolute Gasteiger partial charge is 0.212 e. The highest BCUT2D eigenvalue weighted by molar-refractivity contribution is 7.88. The third kappa shape index (κ3) is 4.40. The van der Waals surface area contributed by atoms with Gasteiger partial charge < -0.3 is 0 Å². The number of hydrogen-bond acceptors (Lipinski definition) is 3. The van der Waals surface area contributed by atoms with E-state index in [0.717, 1.165) is 12.8 Å². The Balaban J connectivity index is 1.66. The van der Waals surface area contributed by atoms with Crippen molar-refractivity contribution in [3.05, 3.63) is 70.2 Å². The Morgan fingerprint density at radius 1 is 1.12 bits per heavy atom. The van der Waals surface area contributed by atoms with Crippen molar-refractivity contribution in [2.45, 2.75) is 24.5 Å². The number of nitriles is 1. The molecule has 0 amide bonds. The van der Waals surface area contributed by atoms with Crippen LogP contribution in [0.25, 0.3) is 0 Å². The highest BCUT2D eigenvalue weighted by Gasteiger charge is 2.28. The van der Waals surface area contributed by atoms with Crippen molar-refractivity contribution < 1.29 is 8.42 Å². The lowest BCUT2D eigenvalue weighted by molar-refractivity contribution is 0.319. The normalized spacial score (nSPS) is 16.5. The standard InChI is InChI=1S/C19H19ClN2O2S/c20-19-6-2-5-18(12-19)17-7-9-22(10-8-17)25(23,24)14-16-4-1-3-15(11-16)13-21/h1-6,11-12,17H,7-10,14H2. The fraction of sp³-hybridized carbons (Fsp3) is 0.316. The second kappa shape index (κ2) is 7.57. The SMILES string of the molecule is N#Cc1cccc(CS(=O)(=O)N2CCC(c3cccc(Cl)c3)CC2)c1. The van der Waals surface area contributed by atoms with Gasteiger partial charge in [0.25, 0.3) is 0 Å². The Hall–Kier alpha value is -1.87. The first-order valence-corrected chi connectivity index (χ1v) is 10.2. The van der Waals surface area contributed by atoms with Crippen LogP contribution in [0.1, 0.15) is 35.4 Å². The Kier molecular flexibility index (Phi) is 5.43. The van der Waals surface area contributed by atoms with Crippen molar-refractivity contribution in [1.82, 2.24) is 4.31 Å². The molecule has 0 atom stereocenters. The van der Waals surface area contributed by atoms with E-state index in [4.69, 9.17) is 16.9 Å². The molecule has 1 aliphatic rings. The molecular weight excluding hydrogens is 356 g/mol. The number of nitrogens with zero attached hydrogens (tertiary/aromatic N) is 2. The van der Waals surface area contributed by atoms with Crippen molar-refractivity contribution in [3.8, 4) is 6.07 Å². The molecule has 2 aromatic rings. The minimum absolute atomic E-state index is 0.0651. The van der Waals surface area contributed by atoms with Gasteiger partial charge in [0.15, 0.2) is 0 Å². The Morgan fingerprint density at radius 2 is 1.84 bits per heavy atom. The first-order chi connectivity index (χ1) is 12.0. The molecule has 130 valence electrons. The number of benzene rings is 2. The summed E-state index contributed by atoms with van der Waals surface area (Å²) in [5.74, 6) is 0.275. The van der Waals surface area contributed by atoms with Crippen LogP contribution in [0.4, 0.5) is 0 Å². The maximum absolute atomic E-state index is 12.7. The third-order valence-corrected chi connectivity index (χ3v) is 6.66. The summed E-state index contributed by atoms with van der Waals surface area (Å²) in [4.78, 5) is 0. The summed E-state index contributed by atoms with van der Waals surface area (Å²) in [5, 5.41) is 9.66. The van der Waals surface area contributed by atoms with Gasteiger partial charge in [0.05, 0.1) is 17.4 Å². The van der Waals surface area contributed by atoms with Crippen molar-refractivity contribution in [2.75, 3.05) is 13.1 Å². The quantitative estimate of drug-likeness (QED) is 0.814. The molecule has 1 fully saturated rings. The van der Waals surface area contributed by atoms with Gasteiger partial charge in [-0.25, -0.2) is 12.7 Å². The lowest BCUT2D eigenvalue weighted by atomic mass is 9.90. The molecule has 1 aliphatic heterocycles. The highest BCUT2D eigenvalue weighted by atomic mass is 35.5. The molecule has 0 saturated carbocycles. The van der Waals surface area contributed by atoms with Gasteiger partial charge in [0, 0.05) is 18.1 Å². The summed E-state index contributed by atoms with van der Waals surface area (Å²) in [5.41, 5.74) is 2.30. The van der Waals surface area contributed by atoms with E-state index in [-0.39, 0.29) is 5.75 Å². The molecule has 0 radical (unpaired) electrons. The maximum atomic E-state index is 12.7. The van der Waals surface area contributed by atoms with Crippen molar-refractivity contribution >= 4 is 21.6 Å². The van der Waals surface area contributed by atoms with Gasteiger partial charge in [-0.05, 0) is 54.2 Å². The first kappa shape index (κ1) is 17.9. The number of rotatable bonds is 4. The largest absolute Gasteiger partial charge is 0.218 e. The van der Waals surface area contributed by atoms with Crippen LogP contribution in [0, 0.1) is 11.3 Å². The lowest BCUT2D eigenvalue weighted by Gasteiger charge is -2.31. The first-order valence-electron chi connectivity index (χ1n) is 8.20. The summed E-state index contributed by atoms with van der Waals surface area (Å²) in [6.07, 6.45) is 1.58. The molecule has 0 unspecified atom stereocenters. The van der Waals surface area contributed by atoms with Gasteiger partial charge in [-0.3, -0.25) is 0 Å².